The van der Waals surface area contributed by atoms with Gasteiger partial charge in [0.15, 0.2) is 5.69 Å². The van der Waals surface area contributed by atoms with Crippen molar-refractivity contribution in [2.24, 2.45) is 0 Å². The van der Waals surface area contributed by atoms with Crippen LogP contribution < -0.4 is 5.32 Å². The van der Waals surface area contributed by atoms with Crippen molar-refractivity contribution in [2.45, 2.75) is 31.8 Å². The van der Waals surface area contributed by atoms with Gasteiger partial charge >= 0.3 is 0 Å². The molecule has 2 fully saturated rings. The summed E-state index contributed by atoms with van der Waals surface area (Å²) >= 11 is 0. The van der Waals surface area contributed by atoms with Crippen molar-refractivity contribution < 1.29 is 4.79 Å². The van der Waals surface area contributed by atoms with Crippen LogP contribution in [0.3, 0.4) is 0 Å². The molecule has 0 aromatic carbocycles. The maximum atomic E-state index is 12.2. The molecule has 1 aromatic heterocycles. The topological polar surface area (TPSA) is 63.1 Å². The summed E-state index contributed by atoms with van der Waals surface area (Å²) in [4.78, 5) is 14.1. The van der Waals surface area contributed by atoms with E-state index in [1.807, 2.05) is 9.58 Å². The first kappa shape index (κ1) is 10.7. The number of aromatic nitrogens is 3. The molecule has 17 heavy (non-hydrogen) atoms. The van der Waals surface area contributed by atoms with Gasteiger partial charge in [0.2, 0.25) is 0 Å². The van der Waals surface area contributed by atoms with Crippen LogP contribution in [-0.4, -0.2) is 51.5 Å². The molecule has 0 spiro atoms. The molecule has 6 heteroatoms. The van der Waals surface area contributed by atoms with Gasteiger partial charge in [0.25, 0.3) is 5.91 Å². The minimum absolute atomic E-state index is 0.00546. The van der Waals surface area contributed by atoms with Crippen LogP contribution in [0.2, 0.25) is 0 Å². The number of carbonyl (C=O) groups excluding carboxylic acids is 1. The zero-order valence-electron chi connectivity index (χ0n) is 9.96. The fourth-order valence-corrected chi connectivity index (χ4v) is 2.18. The Balaban J connectivity index is 1.75. The predicted octanol–water partition coefficient (Wildman–Crippen LogP) is 0.0469. The summed E-state index contributed by atoms with van der Waals surface area (Å²) in [6.07, 6.45) is 4.09. The summed E-state index contributed by atoms with van der Waals surface area (Å²) < 4.78 is 1.82. The molecule has 1 N–H and O–H groups in total. The van der Waals surface area contributed by atoms with E-state index in [2.05, 4.69) is 22.6 Å². The summed E-state index contributed by atoms with van der Waals surface area (Å²) in [6.45, 7) is 4.50. The number of nitrogens with zero attached hydrogens (tertiary/aromatic N) is 4. The molecule has 1 saturated carbocycles. The van der Waals surface area contributed by atoms with Gasteiger partial charge in [-0.15, -0.1) is 5.10 Å². The van der Waals surface area contributed by atoms with Crippen LogP contribution in [0.15, 0.2) is 6.20 Å². The molecule has 1 saturated heterocycles. The van der Waals surface area contributed by atoms with Gasteiger partial charge in [-0.2, -0.15) is 0 Å². The lowest BCUT2D eigenvalue weighted by atomic mass is 10.2. The molecule has 2 aliphatic rings. The number of hydrogen-bond acceptors (Lipinski definition) is 4. The van der Waals surface area contributed by atoms with Crippen molar-refractivity contribution >= 4 is 5.91 Å². The standard InChI is InChI=1S/C11H17N5O/c1-8-6-12-4-5-15(8)11(17)10-7-16(14-13-10)9-2-3-9/h7-9,12H,2-6H2,1H3. The Labute approximate surface area is 100.0 Å². The minimum Gasteiger partial charge on any atom is -0.332 e. The van der Waals surface area contributed by atoms with Gasteiger partial charge in [0.05, 0.1) is 12.2 Å². The second-order valence-corrected chi connectivity index (χ2v) is 4.87. The van der Waals surface area contributed by atoms with Crippen molar-refractivity contribution in [3.8, 4) is 0 Å². The van der Waals surface area contributed by atoms with Crippen LogP contribution in [0.5, 0.6) is 0 Å². The van der Waals surface area contributed by atoms with Crippen LogP contribution in [0, 0.1) is 0 Å². The molecular formula is C11H17N5O. The van der Waals surface area contributed by atoms with Gasteiger partial charge in [-0.25, -0.2) is 4.68 Å². The molecule has 1 atom stereocenters. The van der Waals surface area contributed by atoms with Crippen molar-refractivity contribution in [1.82, 2.24) is 25.2 Å². The SMILES string of the molecule is CC1CNCCN1C(=O)c1cn(C2CC2)nn1. The third-order valence-electron chi connectivity index (χ3n) is 3.41. The third-order valence-corrected chi connectivity index (χ3v) is 3.41. The van der Waals surface area contributed by atoms with E-state index in [4.69, 9.17) is 0 Å². The van der Waals surface area contributed by atoms with E-state index in [9.17, 15) is 4.79 Å². The molecule has 92 valence electrons. The van der Waals surface area contributed by atoms with E-state index < -0.39 is 0 Å². The Hall–Kier alpha value is -1.43. The largest absolute Gasteiger partial charge is 0.332 e. The Morgan fingerprint density at radius 2 is 2.35 bits per heavy atom. The van der Waals surface area contributed by atoms with Gasteiger partial charge in [-0.3, -0.25) is 4.79 Å². The van der Waals surface area contributed by atoms with Gasteiger partial charge < -0.3 is 10.2 Å². The van der Waals surface area contributed by atoms with E-state index in [1.54, 1.807) is 6.20 Å². The van der Waals surface area contributed by atoms with Crippen molar-refractivity contribution in [3.63, 3.8) is 0 Å². The molecule has 3 rings (SSSR count). The van der Waals surface area contributed by atoms with Gasteiger partial charge in [-0.05, 0) is 19.8 Å². The Bertz CT molecular complexity index is 425. The van der Waals surface area contributed by atoms with Crippen LogP contribution in [-0.2, 0) is 0 Å². The number of piperazine rings is 1. The van der Waals surface area contributed by atoms with Crippen molar-refractivity contribution in [2.75, 3.05) is 19.6 Å². The maximum Gasteiger partial charge on any atom is 0.276 e. The van der Waals surface area contributed by atoms with E-state index >= 15 is 0 Å². The van der Waals surface area contributed by atoms with Crippen LogP contribution in [0.1, 0.15) is 36.3 Å². The average molecular weight is 235 g/mol. The highest BCUT2D eigenvalue weighted by molar-refractivity contribution is 5.92. The molecule has 6 nitrogen and oxygen atoms in total. The summed E-state index contributed by atoms with van der Waals surface area (Å²) in [5, 5.41) is 11.3. The fourth-order valence-electron chi connectivity index (χ4n) is 2.18. The Morgan fingerprint density at radius 1 is 1.53 bits per heavy atom. The number of nitrogens with one attached hydrogen (secondary N) is 1. The zero-order valence-corrected chi connectivity index (χ0v) is 9.96. The highest BCUT2D eigenvalue weighted by Gasteiger charge is 2.29. The van der Waals surface area contributed by atoms with Crippen LogP contribution >= 0.6 is 0 Å². The number of carbonyl (C=O) groups is 1. The molecule has 1 aliphatic heterocycles. The first-order valence-corrected chi connectivity index (χ1v) is 6.19. The minimum atomic E-state index is 0.00546. The van der Waals surface area contributed by atoms with Gasteiger partial charge in [0.1, 0.15) is 0 Å². The normalized spacial score (nSPS) is 25.0. The van der Waals surface area contributed by atoms with Crippen LogP contribution in [0.4, 0.5) is 0 Å². The molecule has 0 bridgehead atoms. The Kier molecular flexibility index (Phi) is 2.58. The highest BCUT2D eigenvalue weighted by atomic mass is 16.2. The summed E-state index contributed by atoms with van der Waals surface area (Å²) in [7, 11) is 0. The highest BCUT2D eigenvalue weighted by Crippen LogP contribution is 2.33. The molecule has 2 heterocycles. The molecule has 1 aliphatic carbocycles. The number of amides is 1. The van der Waals surface area contributed by atoms with Crippen molar-refractivity contribution in [1.29, 1.82) is 0 Å². The first-order chi connectivity index (χ1) is 8.25. The summed E-state index contributed by atoms with van der Waals surface area (Å²) in [6, 6.07) is 0.701. The zero-order chi connectivity index (χ0) is 11.8. The van der Waals surface area contributed by atoms with Gasteiger partial charge in [0, 0.05) is 25.7 Å². The molecule has 1 amide bonds. The molecule has 1 aromatic rings. The average Bonchev–Trinajstić information content (AvgIpc) is 3.07. The lowest BCUT2D eigenvalue weighted by Gasteiger charge is -2.33. The molecule has 1 unspecified atom stereocenters. The monoisotopic (exact) mass is 235 g/mol. The van der Waals surface area contributed by atoms with E-state index in [-0.39, 0.29) is 11.9 Å². The number of rotatable bonds is 2. The lowest BCUT2D eigenvalue weighted by molar-refractivity contribution is 0.0649. The molecule has 0 radical (unpaired) electrons. The van der Waals surface area contributed by atoms with E-state index in [1.165, 1.54) is 0 Å². The smallest absolute Gasteiger partial charge is 0.276 e. The first-order valence-electron chi connectivity index (χ1n) is 6.19. The predicted molar refractivity (Wildman–Crippen MR) is 61.7 cm³/mol. The maximum absolute atomic E-state index is 12.2. The van der Waals surface area contributed by atoms with E-state index in [0.29, 0.717) is 11.7 Å². The second kappa shape index (κ2) is 4.10. The quantitative estimate of drug-likeness (QED) is 0.786. The number of hydrogen-bond donors (Lipinski definition) is 1. The Morgan fingerprint density at radius 3 is 3.06 bits per heavy atom. The molecular weight excluding hydrogens is 218 g/mol. The summed E-state index contributed by atoms with van der Waals surface area (Å²) in [5.41, 5.74) is 0.477. The van der Waals surface area contributed by atoms with Gasteiger partial charge in [-0.1, -0.05) is 5.21 Å². The van der Waals surface area contributed by atoms with Crippen molar-refractivity contribution in [3.05, 3.63) is 11.9 Å². The second-order valence-electron chi connectivity index (χ2n) is 4.87. The lowest BCUT2D eigenvalue weighted by Crippen LogP contribution is -2.52. The third kappa shape index (κ3) is 2.04. The van der Waals surface area contributed by atoms with Crippen LogP contribution in [0.25, 0.3) is 0 Å². The fraction of sp³-hybridized carbons (Fsp3) is 0.727. The summed E-state index contributed by atoms with van der Waals surface area (Å²) in [5.74, 6) is 0.00546. The van der Waals surface area contributed by atoms with E-state index in [0.717, 1.165) is 32.5 Å².